The standard InChI is InChI=1S/C20H23Cl2N5O/c1-11-15(13-5-2-6-14(21)16(13)22)17(18(24)28)26-19(25-11)27-8-12-4-3-7-20(12,9-23)10-27/h2,5-6,12H,3-4,7-10,23H2,1H3,(H2,24,28)/t12-,20-/m1/s1. The van der Waals surface area contributed by atoms with Crippen molar-refractivity contribution in [2.75, 3.05) is 24.5 Å². The summed E-state index contributed by atoms with van der Waals surface area (Å²) in [5.74, 6) is 0.446. The van der Waals surface area contributed by atoms with Crippen LogP contribution in [0.25, 0.3) is 11.1 Å². The summed E-state index contributed by atoms with van der Waals surface area (Å²) >= 11 is 12.5. The highest BCUT2D eigenvalue weighted by Crippen LogP contribution is 2.48. The first-order valence-corrected chi connectivity index (χ1v) is 10.2. The molecule has 4 N–H and O–H groups in total. The Morgan fingerprint density at radius 3 is 2.82 bits per heavy atom. The topological polar surface area (TPSA) is 98.1 Å². The fourth-order valence-corrected chi connectivity index (χ4v) is 5.19. The number of aryl methyl sites for hydroxylation is 1. The van der Waals surface area contributed by atoms with Gasteiger partial charge in [0.05, 0.1) is 15.7 Å². The van der Waals surface area contributed by atoms with E-state index in [0.29, 0.717) is 45.3 Å². The quantitative estimate of drug-likeness (QED) is 0.790. The van der Waals surface area contributed by atoms with E-state index in [-0.39, 0.29) is 11.1 Å². The third-order valence-corrected chi connectivity index (χ3v) is 7.08. The second kappa shape index (κ2) is 7.17. The zero-order valence-corrected chi connectivity index (χ0v) is 17.2. The predicted molar refractivity (Wildman–Crippen MR) is 112 cm³/mol. The van der Waals surface area contributed by atoms with Gasteiger partial charge in [-0.05, 0) is 38.3 Å². The number of primary amides is 1. The average molecular weight is 420 g/mol. The molecule has 2 aromatic rings. The summed E-state index contributed by atoms with van der Waals surface area (Å²) in [5, 5.41) is 0.749. The number of benzene rings is 1. The van der Waals surface area contributed by atoms with Crippen molar-refractivity contribution < 1.29 is 4.79 Å². The largest absolute Gasteiger partial charge is 0.364 e. The minimum atomic E-state index is -0.620. The van der Waals surface area contributed by atoms with Gasteiger partial charge in [-0.3, -0.25) is 4.79 Å². The number of hydrogen-bond donors (Lipinski definition) is 2. The number of nitrogens with zero attached hydrogens (tertiary/aromatic N) is 3. The van der Waals surface area contributed by atoms with Gasteiger partial charge in [0.25, 0.3) is 5.91 Å². The van der Waals surface area contributed by atoms with Crippen LogP contribution in [0.15, 0.2) is 18.2 Å². The summed E-state index contributed by atoms with van der Waals surface area (Å²) in [7, 11) is 0. The van der Waals surface area contributed by atoms with Crippen LogP contribution in [0.3, 0.4) is 0 Å². The summed E-state index contributed by atoms with van der Waals surface area (Å²) in [5.41, 5.74) is 13.8. The Morgan fingerprint density at radius 2 is 2.14 bits per heavy atom. The van der Waals surface area contributed by atoms with Gasteiger partial charge >= 0.3 is 0 Å². The lowest BCUT2D eigenvalue weighted by molar-refractivity contribution is 0.0996. The molecule has 4 rings (SSSR count). The molecule has 1 saturated heterocycles. The minimum Gasteiger partial charge on any atom is -0.364 e. The lowest BCUT2D eigenvalue weighted by Crippen LogP contribution is -2.35. The molecular formula is C20H23Cl2N5O. The van der Waals surface area contributed by atoms with Crippen molar-refractivity contribution in [1.29, 1.82) is 0 Å². The van der Waals surface area contributed by atoms with Crippen molar-refractivity contribution in [3.63, 3.8) is 0 Å². The molecule has 8 heteroatoms. The third-order valence-electron chi connectivity index (χ3n) is 6.26. The van der Waals surface area contributed by atoms with E-state index in [1.165, 1.54) is 12.8 Å². The first kappa shape index (κ1) is 19.4. The van der Waals surface area contributed by atoms with E-state index >= 15 is 0 Å². The fourth-order valence-electron chi connectivity index (χ4n) is 4.80. The number of rotatable bonds is 4. The first-order valence-electron chi connectivity index (χ1n) is 9.44. The number of aromatic nitrogens is 2. The van der Waals surface area contributed by atoms with Crippen LogP contribution in [0.1, 0.15) is 35.4 Å². The molecule has 0 spiro atoms. The van der Waals surface area contributed by atoms with Gasteiger partial charge < -0.3 is 16.4 Å². The second-order valence-corrected chi connectivity index (χ2v) is 8.62. The number of halogens is 2. The molecule has 0 radical (unpaired) electrons. The number of carbonyl (C=O) groups is 1. The maximum Gasteiger partial charge on any atom is 0.268 e. The normalized spacial score (nSPS) is 23.9. The second-order valence-electron chi connectivity index (χ2n) is 7.83. The lowest BCUT2D eigenvalue weighted by atomic mass is 9.81. The molecule has 0 bridgehead atoms. The van der Waals surface area contributed by atoms with Gasteiger partial charge in [0, 0.05) is 29.6 Å². The molecule has 1 aromatic carbocycles. The molecule has 2 atom stereocenters. The van der Waals surface area contributed by atoms with Crippen molar-refractivity contribution >= 4 is 35.1 Å². The van der Waals surface area contributed by atoms with Crippen LogP contribution in [0, 0.1) is 18.3 Å². The summed E-state index contributed by atoms with van der Waals surface area (Å²) in [6.45, 7) is 4.15. The van der Waals surface area contributed by atoms with Crippen molar-refractivity contribution in [3.8, 4) is 11.1 Å². The van der Waals surface area contributed by atoms with Crippen molar-refractivity contribution in [1.82, 2.24) is 9.97 Å². The van der Waals surface area contributed by atoms with E-state index in [1.807, 2.05) is 6.92 Å². The Hall–Kier alpha value is -1.89. The molecule has 1 aliphatic carbocycles. The average Bonchev–Trinajstić information content (AvgIpc) is 3.21. The summed E-state index contributed by atoms with van der Waals surface area (Å²) in [4.78, 5) is 23.6. The maximum atomic E-state index is 12.2. The number of fused-ring (bicyclic) bond motifs is 1. The van der Waals surface area contributed by atoms with E-state index in [9.17, 15) is 4.79 Å². The molecule has 2 aliphatic rings. The molecule has 2 fully saturated rings. The van der Waals surface area contributed by atoms with Crippen LogP contribution in [0.2, 0.25) is 10.0 Å². The summed E-state index contributed by atoms with van der Waals surface area (Å²) < 4.78 is 0. The Balaban J connectivity index is 1.79. The lowest BCUT2D eigenvalue weighted by Gasteiger charge is -2.27. The van der Waals surface area contributed by atoms with Gasteiger partial charge in [-0.2, -0.15) is 0 Å². The summed E-state index contributed by atoms with van der Waals surface area (Å²) in [6.07, 6.45) is 3.52. The van der Waals surface area contributed by atoms with Gasteiger partial charge in [0.15, 0.2) is 0 Å². The highest BCUT2D eigenvalue weighted by molar-refractivity contribution is 6.43. The molecular weight excluding hydrogens is 397 g/mol. The number of amides is 1. The number of anilines is 1. The number of hydrogen-bond acceptors (Lipinski definition) is 5. The molecule has 1 aliphatic heterocycles. The van der Waals surface area contributed by atoms with Crippen molar-refractivity contribution in [2.45, 2.75) is 26.2 Å². The molecule has 148 valence electrons. The monoisotopic (exact) mass is 419 g/mol. The smallest absolute Gasteiger partial charge is 0.268 e. The molecule has 28 heavy (non-hydrogen) atoms. The van der Waals surface area contributed by atoms with Gasteiger partial charge in [-0.25, -0.2) is 9.97 Å². The van der Waals surface area contributed by atoms with Gasteiger partial charge in [-0.1, -0.05) is 41.8 Å². The molecule has 0 unspecified atom stereocenters. The predicted octanol–water partition coefficient (Wildman–Crippen LogP) is 3.42. The number of nitrogens with two attached hydrogens (primary N) is 2. The Morgan fingerprint density at radius 1 is 1.36 bits per heavy atom. The zero-order chi connectivity index (χ0) is 20.1. The first-order chi connectivity index (χ1) is 13.4. The fraction of sp³-hybridized carbons (Fsp3) is 0.450. The van der Waals surface area contributed by atoms with E-state index in [1.54, 1.807) is 18.2 Å². The van der Waals surface area contributed by atoms with Crippen LogP contribution in [0.5, 0.6) is 0 Å². The zero-order valence-electron chi connectivity index (χ0n) is 15.7. The minimum absolute atomic E-state index is 0.124. The molecule has 1 saturated carbocycles. The number of carbonyl (C=O) groups excluding carboxylic acids is 1. The molecule has 1 aromatic heterocycles. The van der Waals surface area contributed by atoms with Crippen LogP contribution in [-0.4, -0.2) is 35.5 Å². The van der Waals surface area contributed by atoms with E-state index in [0.717, 1.165) is 19.5 Å². The molecule has 1 amide bonds. The van der Waals surface area contributed by atoms with Crippen LogP contribution < -0.4 is 16.4 Å². The van der Waals surface area contributed by atoms with Crippen LogP contribution in [-0.2, 0) is 0 Å². The van der Waals surface area contributed by atoms with Crippen molar-refractivity contribution in [2.24, 2.45) is 22.8 Å². The van der Waals surface area contributed by atoms with E-state index < -0.39 is 5.91 Å². The van der Waals surface area contributed by atoms with E-state index in [2.05, 4.69) is 9.88 Å². The van der Waals surface area contributed by atoms with Gasteiger partial charge in [0.2, 0.25) is 5.95 Å². The third kappa shape index (κ3) is 3.04. The Bertz CT molecular complexity index is 950. The maximum absolute atomic E-state index is 12.2. The van der Waals surface area contributed by atoms with Gasteiger partial charge in [0.1, 0.15) is 5.69 Å². The highest BCUT2D eigenvalue weighted by Gasteiger charge is 2.49. The SMILES string of the molecule is Cc1nc(N2C[C@H]3CCC[C@@]3(CN)C2)nc(C(N)=O)c1-c1cccc(Cl)c1Cl. The molecule has 2 heterocycles. The van der Waals surface area contributed by atoms with Crippen LogP contribution >= 0.6 is 23.2 Å². The molecule has 6 nitrogen and oxygen atoms in total. The van der Waals surface area contributed by atoms with Crippen molar-refractivity contribution in [3.05, 3.63) is 39.6 Å². The summed E-state index contributed by atoms with van der Waals surface area (Å²) in [6, 6.07) is 5.25. The Labute approximate surface area is 174 Å². The van der Waals surface area contributed by atoms with E-state index in [4.69, 9.17) is 39.7 Å². The van der Waals surface area contributed by atoms with Gasteiger partial charge in [-0.15, -0.1) is 0 Å². The van der Waals surface area contributed by atoms with Crippen LogP contribution in [0.4, 0.5) is 5.95 Å². The highest BCUT2D eigenvalue weighted by atomic mass is 35.5. The Kier molecular flexibility index (Phi) is 4.98.